The summed E-state index contributed by atoms with van der Waals surface area (Å²) in [4.78, 5) is 3.49. The highest BCUT2D eigenvalue weighted by atomic mass is 19.1. The molecule has 58 valence electrons. The number of pyridine rings is 1. The van der Waals surface area contributed by atoms with Gasteiger partial charge in [-0.2, -0.15) is 0 Å². The first-order chi connectivity index (χ1) is 5.25. The lowest BCUT2D eigenvalue weighted by atomic mass is 10.2. The summed E-state index contributed by atoms with van der Waals surface area (Å²) in [5.74, 6) is -0.868. The van der Waals surface area contributed by atoms with Crippen LogP contribution in [0.3, 0.4) is 0 Å². The van der Waals surface area contributed by atoms with Crippen LogP contribution in [0.25, 0.3) is 0 Å². The average Bonchev–Trinajstić information content (AvgIpc) is 2.04. The number of halogens is 1. The molecule has 1 rings (SSSR count). The Balaban J connectivity index is 3.14. The van der Waals surface area contributed by atoms with Crippen molar-refractivity contribution >= 4 is 5.84 Å². The fourth-order valence-electron chi connectivity index (χ4n) is 0.637. The molecule has 0 aromatic carbocycles. The van der Waals surface area contributed by atoms with E-state index < -0.39 is 5.82 Å². The van der Waals surface area contributed by atoms with Gasteiger partial charge in [-0.15, -0.1) is 0 Å². The Morgan fingerprint density at radius 2 is 2.45 bits per heavy atom. The third-order valence-corrected chi connectivity index (χ3v) is 1.16. The van der Waals surface area contributed by atoms with Crippen LogP contribution < -0.4 is 5.73 Å². The van der Waals surface area contributed by atoms with Crippen LogP contribution in [-0.4, -0.2) is 16.0 Å². The Kier molecular flexibility index (Phi) is 2.00. The van der Waals surface area contributed by atoms with Gasteiger partial charge in [0.15, 0.2) is 11.7 Å². The number of hydrogen-bond acceptors (Lipinski definition) is 3. The molecular weight excluding hydrogens is 149 g/mol. The molecule has 0 aliphatic carbocycles. The largest absolute Gasteiger partial charge is 0.409 e. The van der Waals surface area contributed by atoms with Crippen LogP contribution in [0.5, 0.6) is 0 Å². The van der Waals surface area contributed by atoms with E-state index in [0.717, 1.165) is 6.20 Å². The van der Waals surface area contributed by atoms with E-state index in [-0.39, 0.29) is 11.4 Å². The highest BCUT2D eigenvalue weighted by Crippen LogP contribution is 2.02. The molecule has 1 aromatic rings. The Bertz CT molecular complexity index is 287. The molecule has 3 N–H and O–H groups in total. The predicted molar refractivity (Wildman–Crippen MR) is 36.7 cm³/mol. The molecule has 0 atom stereocenters. The number of amidine groups is 1. The van der Waals surface area contributed by atoms with Crippen LogP contribution in [0.1, 0.15) is 5.56 Å². The normalized spacial score (nSPS) is 11.5. The third kappa shape index (κ3) is 1.43. The molecule has 0 spiro atoms. The van der Waals surface area contributed by atoms with Gasteiger partial charge in [0.05, 0.1) is 11.8 Å². The van der Waals surface area contributed by atoms with E-state index in [1.54, 1.807) is 0 Å². The molecule has 0 saturated heterocycles. The zero-order valence-electron chi connectivity index (χ0n) is 5.53. The minimum Gasteiger partial charge on any atom is -0.409 e. The maximum Gasteiger partial charge on any atom is 0.173 e. The van der Waals surface area contributed by atoms with Gasteiger partial charge < -0.3 is 10.9 Å². The van der Waals surface area contributed by atoms with Crippen LogP contribution in [-0.2, 0) is 0 Å². The Labute approximate surface area is 62.2 Å². The standard InChI is InChI=1S/C6H6FN3O/c7-5-3-9-2-1-4(5)6(8)10-11/h1-3,11H,(H2,8,10). The summed E-state index contributed by atoms with van der Waals surface area (Å²) in [5.41, 5.74) is 5.17. The van der Waals surface area contributed by atoms with Crippen molar-refractivity contribution in [3.63, 3.8) is 0 Å². The lowest BCUT2D eigenvalue weighted by Gasteiger charge is -1.97. The molecule has 5 heteroatoms. The smallest absolute Gasteiger partial charge is 0.173 e. The van der Waals surface area contributed by atoms with Gasteiger partial charge in [0, 0.05) is 6.20 Å². The van der Waals surface area contributed by atoms with Crippen LogP contribution >= 0.6 is 0 Å². The number of nitrogens with two attached hydrogens (primary N) is 1. The summed E-state index contributed by atoms with van der Waals surface area (Å²) in [5, 5.41) is 10.8. The molecule has 0 amide bonds. The van der Waals surface area contributed by atoms with Gasteiger partial charge in [-0.25, -0.2) is 4.39 Å². The monoisotopic (exact) mass is 155 g/mol. The van der Waals surface area contributed by atoms with Gasteiger partial charge in [-0.05, 0) is 6.07 Å². The predicted octanol–water partition coefficient (Wildman–Crippen LogP) is 0.315. The summed E-state index contributed by atoms with van der Waals surface area (Å²) in [6.07, 6.45) is 2.35. The van der Waals surface area contributed by atoms with E-state index in [9.17, 15) is 4.39 Å². The molecule has 0 aliphatic heterocycles. The number of hydrogen-bond donors (Lipinski definition) is 2. The van der Waals surface area contributed by atoms with Gasteiger partial charge in [0.25, 0.3) is 0 Å². The van der Waals surface area contributed by atoms with Gasteiger partial charge in [-0.1, -0.05) is 5.16 Å². The van der Waals surface area contributed by atoms with Crippen molar-refractivity contribution in [1.82, 2.24) is 4.98 Å². The molecular formula is C6H6FN3O. The van der Waals surface area contributed by atoms with E-state index >= 15 is 0 Å². The second kappa shape index (κ2) is 2.96. The number of nitrogens with zero attached hydrogens (tertiary/aromatic N) is 2. The zero-order chi connectivity index (χ0) is 8.27. The van der Waals surface area contributed by atoms with Crippen molar-refractivity contribution < 1.29 is 9.60 Å². The fourth-order valence-corrected chi connectivity index (χ4v) is 0.637. The quantitative estimate of drug-likeness (QED) is 0.265. The number of rotatable bonds is 1. The Morgan fingerprint density at radius 1 is 1.73 bits per heavy atom. The van der Waals surface area contributed by atoms with E-state index in [4.69, 9.17) is 10.9 Å². The average molecular weight is 155 g/mol. The van der Waals surface area contributed by atoms with Gasteiger partial charge in [0.2, 0.25) is 0 Å². The summed E-state index contributed by atoms with van der Waals surface area (Å²) < 4.78 is 12.7. The molecule has 0 unspecified atom stereocenters. The minimum absolute atomic E-state index is 0.0440. The Hall–Kier alpha value is -1.65. The lowest BCUT2D eigenvalue weighted by molar-refractivity contribution is 0.318. The molecule has 0 radical (unpaired) electrons. The Morgan fingerprint density at radius 3 is 3.00 bits per heavy atom. The highest BCUT2D eigenvalue weighted by Gasteiger charge is 2.04. The second-order valence-electron chi connectivity index (χ2n) is 1.84. The van der Waals surface area contributed by atoms with Crippen LogP contribution in [0.15, 0.2) is 23.6 Å². The topological polar surface area (TPSA) is 71.5 Å². The van der Waals surface area contributed by atoms with Crippen LogP contribution in [0, 0.1) is 5.82 Å². The van der Waals surface area contributed by atoms with Crippen LogP contribution in [0.2, 0.25) is 0 Å². The number of oxime groups is 1. The molecule has 0 bridgehead atoms. The first kappa shape index (κ1) is 7.46. The molecule has 0 fully saturated rings. The maximum atomic E-state index is 12.7. The summed E-state index contributed by atoms with van der Waals surface area (Å²) >= 11 is 0. The van der Waals surface area contributed by atoms with Crippen LogP contribution in [0.4, 0.5) is 4.39 Å². The van der Waals surface area contributed by atoms with E-state index in [2.05, 4.69) is 10.1 Å². The summed E-state index contributed by atoms with van der Waals surface area (Å²) in [7, 11) is 0. The third-order valence-electron chi connectivity index (χ3n) is 1.16. The molecule has 1 heterocycles. The first-order valence-corrected chi connectivity index (χ1v) is 2.83. The van der Waals surface area contributed by atoms with Crippen molar-refractivity contribution in [2.45, 2.75) is 0 Å². The first-order valence-electron chi connectivity index (χ1n) is 2.83. The van der Waals surface area contributed by atoms with Crippen molar-refractivity contribution in [3.05, 3.63) is 29.8 Å². The molecule has 0 saturated carbocycles. The molecule has 11 heavy (non-hydrogen) atoms. The fraction of sp³-hybridized carbons (Fsp3) is 0. The van der Waals surface area contributed by atoms with Gasteiger partial charge in [-0.3, -0.25) is 4.98 Å². The number of aromatic nitrogens is 1. The SMILES string of the molecule is N/C(=N\O)c1ccncc1F. The van der Waals surface area contributed by atoms with Crippen molar-refractivity contribution in [2.24, 2.45) is 10.9 Å². The van der Waals surface area contributed by atoms with E-state index in [1.807, 2.05) is 0 Å². The molecule has 0 aliphatic rings. The van der Waals surface area contributed by atoms with Gasteiger partial charge >= 0.3 is 0 Å². The van der Waals surface area contributed by atoms with Gasteiger partial charge in [0.1, 0.15) is 0 Å². The highest BCUT2D eigenvalue weighted by molar-refractivity contribution is 5.97. The zero-order valence-corrected chi connectivity index (χ0v) is 5.53. The summed E-state index contributed by atoms with van der Waals surface area (Å²) in [6.45, 7) is 0. The molecule has 4 nitrogen and oxygen atoms in total. The van der Waals surface area contributed by atoms with Crippen molar-refractivity contribution in [1.29, 1.82) is 0 Å². The lowest BCUT2D eigenvalue weighted by Crippen LogP contribution is -2.14. The maximum absolute atomic E-state index is 12.7. The molecule has 1 aromatic heterocycles. The van der Waals surface area contributed by atoms with E-state index in [0.29, 0.717) is 0 Å². The van der Waals surface area contributed by atoms with Crippen molar-refractivity contribution in [3.8, 4) is 0 Å². The minimum atomic E-state index is -0.609. The van der Waals surface area contributed by atoms with E-state index in [1.165, 1.54) is 12.3 Å². The summed E-state index contributed by atoms with van der Waals surface area (Å²) in [6, 6.07) is 1.32. The van der Waals surface area contributed by atoms with Crippen molar-refractivity contribution in [2.75, 3.05) is 0 Å². The second-order valence-corrected chi connectivity index (χ2v) is 1.84.